The molecule has 1 atom stereocenters. The van der Waals surface area contributed by atoms with Gasteiger partial charge in [-0.05, 0) is 73.9 Å². The predicted octanol–water partition coefficient (Wildman–Crippen LogP) is 6.80. The van der Waals surface area contributed by atoms with E-state index in [0.29, 0.717) is 35.2 Å². The van der Waals surface area contributed by atoms with Gasteiger partial charge in [0.2, 0.25) is 11.8 Å². The van der Waals surface area contributed by atoms with E-state index in [-0.39, 0.29) is 23.8 Å². The van der Waals surface area contributed by atoms with E-state index in [1.165, 1.54) is 17.0 Å². The fourth-order valence-corrected chi connectivity index (χ4v) is 6.72. The Hall–Kier alpha value is -4.34. The number of hydrogen-bond acceptors (Lipinski definition) is 5. The highest BCUT2D eigenvalue weighted by Crippen LogP contribution is 2.27. The Morgan fingerprint density at radius 2 is 1.53 bits per heavy atom. The van der Waals surface area contributed by atoms with Crippen molar-refractivity contribution < 1.29 is 22.7 Å². The lowest BCUT2D eigenvalue weighted by Crippen LogP contribution is -2.53. The molecule has 47 heavy (non-hydrogen) atoms. The number of benzene rings is 4. The van der Waals surface area contributed by atoms with Crippen LogP contribution in [0.5, 0.6) is 5.75 Å². The Morgan fingerprint density at radius 3 is 2.17 bits per heavy atom. The van der Waals surface area contributed by atoms with Crippen molar-refractivity contribution in [2.45, 2.75) is 57.5 Å². The molecule has 2 amide bonds. The standard InChI is InChI=1S/C37H42ClN3O5S/c1-4-6-24-39-37(43)35(25-29-12-8-7-9-13-29)40(26-30-14-10-11-15-34(30)38)36(42)27-41(31-18-16-28(3)17-19-31)47(44,45)33-22-20-32(21-23-33)46-5-2/h7-23,35H,4-6,24-27H2,1-3H3,(H,39,43)/t35-/m0/s1. The Balaban J connectivity index is 1.78. The SMILES string of the molecule is CCCCNC(=O)[C@H](Cc1ccccc1)N(Cc1ccccc1Cl)C(=O)CN(c1ccc(C)cc1)S(=O)(=O)c1ccc(OCC)cc1. The molecular formula is C37H42ClN3O5S. The first-order valence-corrected chi connectivity index (χ1v) is 17.6. The van der Waals surface area contributed by atoms with Gasteiger partial charge in [-0.15, -0.1) is 0 Å². The molecular weight excluding hydrogens is 634 g/mol. The van der Waals surface area contributed by atoms with Crippen molar-refractivity contribution in [3.8, 4) is 5.75 Å². The van der Waals surface area contributed by atoms with Gasteiger partial charge in [-0.1, -0.05) is 91.2 Å². The number of hydrogen-bond donors (Lipinski definition) is 1. The summed E-state index contributed by atoms with van der Waals surface area (Å²) in [4.78, 5) is 29.9. The van der Waals surface area contributed by atoms with Gasteiger partial charge in [0.05, 0.1) is 17.2 Å². The zero-order valence-electron chi connectivity index (χ0n) is 27.1. The van der Waals surface area contributed by atoms with Crippen molar-refractivity contribution in [3.63, 3.8) is 0 Å². The minimum atomic E-state index is -4.23. The van der Waals surface area contributed by atoms with Crippen molar-refractivity contribution in [2.75, 3.05) is 24.0 Å². The number of ether oxygens (including phenoxy) is 1. The van der Waals surface area contributed by atoms with Crippen molar-refractivity contribution in [2.24, 2.45) is 0 Å². The predicted molar refractivity (Wildman–Crippen MR) is 187 cm³/mol. The lowest BCUT2D eigenvalue weighted by molar-refractivity contribution is -0.140. The van der Waals surface area contributed by atoms with Crippen LogP contribution < -0.4 is 14.4 Å². The summed E-state index contributed by atoms with van der Waals surface area (Å²) < 4.78 is 35.1. The number of carbonyl (C=O) groups excluding carboxylic acids is 2. The zero-order valence-corrected chi connectivity index (χ0v) is 28.6. The van der Waals surface area contributed by atoms with Crippen LogP contribution in [-0.2, 0) is 32.6 Å². The summed E-state index contributed by atoms with van der Waals surface area (Å²) in [6.07, 6.45) is 1.90. The number of amides is 2. The fourth-order valence-electron chi connectivity index (χ4n) is 5.11. The Kier molecular flexibility index (Phi) is 12.8. The molecule has 10 heteroatoms. The zero-order chi connectivity index (χ0) is 33.8. The van der Waals surface area contributed by atoms with Gasteiger partial charge < -0.3 is 15.0 Å². The number of unbranched alkanes of at least 4 members (excludes halogenated alkanes) is 1. The molecule has 0 aliphatic heterocycles. The van der Waals surface area contributed by atoms with Gasteiger partial charge in [-0.2, -0.15) is 0 Å². The van der Waals surface area contributed by atoms with Crippen molar-refractivity contribution >= 4 is 39.1 Å². The third-order valence-electron chi connectivity index (χ3n) is 7.72. The van der Waals surface area contributed by atoms with E-state index < -0.39 is 28.5 Å². The molecule has 8 nitrogen and oxygen atoms in total. The normalized spacial score (nSPS) is 11.8. The maximum absolute atomic E-state index is 14.6. The van der Waals surface area contributed by atoms with Crippen LogP contribution in [0.15, 0.2) is 108 Å². The molecule has 4 rings (SSSR count). The summed E-state index contributed by atoms with van der Waals surface area (Å²) >= 11 is 6.57. The molecule has 0 radical (unpaired) electrons. The molecule has 0 heterocycles. The number of carbonyl (C=O) groups is 2. The highest BCUT2D eigenvalue weighted by atomic mass is 35.5. The van der Waals surface area contributed by atoms with Gasteiger partial charge in [0.15, 0.2) is 0 Å². The number of nitrogens with zero attached hydrogens (tertiary/aromatic N) is 2. The van der Waals surface area contributed by atoms with E-state index in [1.54, 1.807) is 54.6 Å². The first-order chi connectivity index (χ1) is 22.6. The van der Waals surface area contributed by atoms with Crippen LogP contribution >= 0.6 is 11.6 Å². The molecule has 0 saturated carbocycles. The molecule has 0 saturated heterocycles. The lowest BCUT2D eigenvalue weighted by Gasteiger charge is -2.34. The van der Waals surface area contributed by atoms with E-state index in [1.807, 2.05) is 57.2 Å². The van der Waals surface area contributed by atoms with Gasteiger partial charge >= 0.3 is 0 Å². The van der Waals surface area contributed by atoms with E-state index in [4.69, 9.17) is 16.3 Å². The molecule has 248 valence electrons. The molecule has 1 N–H and O–H groups in total. The van der Waals surface area contributed by atoms with Crippen LogP contribution in [0.4, 0.5) is 5.69 Å². The molecule has 0 aliphatic carbocycles. The topological polar surface area (TPSA) is 96.0 Å². The molecule has 4 aromatic carbocycles. The van der Waals surface area contributed by atoms with Crippen LogP contribution in [0.25, 0.3) is 0 Å². The van der Waals surface area contributed by atoms with E-state index in [2.05, 4.69) is 5.32 Å². The maximum atomic E-state index is 14.6. The molecule has 0 bridgehead atoms. The van der Waals surface area contributed by atoms with Crippen LogP contribution in [0.3, 0.4) is 0 Å². The number of sulfonamides is 1. The molecule has 0 aromatic heterocycles. The number of nitrogens with one attached hydrogen (secondary N) is 1. The van der Waals surface area contributed by atoms with Gasteiger partial charge in [0, 0.05) is 24.5 Å². The third-order valence-corrected chi connectivity index (χ3v) is 9.88. The smallest absolute Gasteiger partial charge is 0.264 e. The van der Waals surface area contributed by atoms with Crippen LogP contribution in [-0.4, -0.2) is 50.9 Å². The lowest BCUT2D eigenvalue weighted by atomic mass is 10.0. The Bertz CT molecular complexity index is 1720. The summed E-state index contributed by atoms with van der Waals surface area (Å²) in [7, 11) is -4.23. The summed E-state index contributed by atoms with van der Waals surface area (Å²) in [5, 5.41) is 3.43. The summed E-state index contributed by atoms with van der Waals surface area (Å²) in [6, 6.07) is 28.7. The second-order valence-electron chi connectivity index (χ2n) is 11.2. The maximum Gasteiger partial charge on any atom is 0.264 e. The van der Waals surface area contributed by atoms with E-state index in [0.717, 1.165) is 28.3 Å². The minimum Gasteiger partial charge on any atom is -0.494 e. The van der Waals surface area contributed by atoms with Gasteiger partial charge in [-0.25, -0.2) is 8.42 Å². The molecule has 0 aliphatic rings. The molecule has 0 unspecified atom stereocenters. The number of halogens is 1. The molecule has 0 spiro atoms. The second-order valence-corrected chi connectivity index (χ2v) is 13.5. The minimum absolute atomic E-state index is 0.00203. The molecule has 0 fully saturated rings. The second kappa shape index (κ2) is 17.0. The van der Waals surface area contributed by atoms with Crippen molar-refractivity contribution in [1.82, 2.24) is 10.2 Å². The summed E-state index contributed by atoms with van der Waals surface area (Å²) in [5.74, 6) is -0.335. The van der Waals surface area contributed by atoms with Crippen molar-refractivity contribution in [3.05, 3.63) is 125 Å². The highest BCUT2D eigenvalue weighted by molar-refractivity contribution is 7.92. The Morgan fingerprint density at radius 1 is 0.872 bits per heavy atom. The average molecular weight is 676 g/mol. The van der Waals surface area contributed by atoms with Gasteiger partial charge in [0.25, 0.3) is 10.0 Å². The van der Waals surface area contributed by atoms with Crippen LogP contribution in [0.2, 0.25) is 5.02 Å². The van der Waals surface area contributed by atoms with E-state index in [9.17, 15) is 18.0 Å². The van der Waals surface area contributed by atoms with Gasteiger partial charge in [0.1, 0.15) is 18.3 Å². The monoisotopic (exact) mass is 675 g/mol. The van der Waals surface area contributed by atoms with Crippen LogP contribution in [0, 0.1) is 6.92 Å². The van der Waals surface area contributed by atoms with Crippen molar-refractivity contribution in [1.29, 1.82) is 0 Å². The third kappa shape index (κ3) is 9.59. The molecule has 4 aromatic rings. The number of anilines is 1. The van der Waals surface area contributed by atoms with Gasteiger partial charge in [-0.3, -0.25) is 13.9 Å². The largest absolute Gasteiger partial charge is 0.494 e. The average Bonchev–Trinajstić information content (AvgIpc) is 3.07. The first-order valence-electron chi connectivity index (χ1n) is 15.8. The number of rotatable bonds is 16. The first kappa shape index (κ1) is 35.5. The number of aryl methyl sites for hydroxylation is 1. The fraction of sp³-hybridized carbons (Fsp3) is 0.297. The highest BCUT2D eigenvalue weighted by Gasteiger charge is 2.35. The van der Waals surface area contributed by atoms with E-state index >= 15 is 0 Å². The summed E-state index contributed by atoms with van der Waals surface area (Å²) in [5.41, 5.74) is 2.75. The summed E-state index contributed by atoms with van der Waals surface area (Å²) in [6.45, 7) is 6.13. The quantitative estimate of drug-likeness (QED) is 0.132. The van der Waals surface area contributed by atoms with Crippen LogP contribution in [0.1, 0.15) is 43.4 Å². The Labute approximate surface area is 283 Å².